The lowest BCUT2D eigenvalue weighted by Gasteiger charge is -2.34. The van der Waals surface area contributed by atoms with Crippen LogP contribution in [-0.4, -0.2) is 63.5 Å². The highest BCUT2D eigenvalue weighted by molar-refractivity contribution is 5.99. The first-order valence-electron chi connectivity index (χ1n) is 11.5. The molecule has 0 saturated carbocycles. The van der Waals surface area contributed by atoms with Gasteiger partial charge in [0.2, 0.25) is 5.95 Å². The third-order valence-corrected chi connectivity index (χ3v) is 5.99. The monoisotopic (exact) mass is 475 g/mol. The first kappa shape index (κ1) is 22.6. The van der Waals surface area contributed by atoms with Gasteiger partial charge in [-0.25, -0.2) is 18.9 Å². The Kier molecular flexibility index (Phi) is 5.94. The van der Waals surface area contributed by atoms with Crippen LogP contribution in [0.25, 0.3) is 28.0 Å². The Balaban J connectivity index is 1.59. The van der Waals surface area contributed by atoms with Crippen LogP contribution < -0.4 is 10.6 Å². The number of amides is 1. The van der Waals surface area contributed by atoms with Crippen molar-refractivity contribution >= 4 is 28.9 Å². The van der Waals surface area contributed by atoms with Crippen molar-refractivity contribution in [1.82, 2.24) is 24.6 Å². The number of nitrogen functional groups attached to an aromatic ring is 1. The van der Waals surface area contributed by atoms with Gasteiger partial charge in [0.1, 0.15) is 11.6 Å². The van der Waals surface area contributed by atoms with Crippen LogP contribution in [0, 0.1) is 12.7 Å². The van der Waals surface area contributed by atoms with Crippen LogP contribution in [0.3, 0.4) is 0 Å². The number of hydrogen-bond donors (Lipinski definition) is 1. The first-order chi connectivity index (χ1) is 16.9. The molecule has 1 saturated heterocycles. The molecule has 0 spiro atoms. The van der Waals surface area contributed by atoms with E-state index in [1.807, 2.05) is 36.1 Å². The fourth-order valence-electron chi connectivity index (χ4n) is 4.25. The van der Waals surface area contributed by atoms with Crippen molar-refractivity contribution in [2.24, 2.45) is 0 Å². The van der Waals surface area contributed by atoms with Crippen LogP contribution >= 0.6 is 0 Å². The Morgan fingerprint density at radius 1 is 1.09 bits per heavy atom. The Hall–Kier alpha value is -4.21. The first-order valence-corrected chi connectivity index (χ1v) is 11.5. The SMILES string of the molecule is CCOC(=O)N1CCN(c2nc(-c3cccc(F)c3)c3c(N)n(-c4cccc(C)c4)nc3n2)CC1. The molecule has 180 valence electrons. The molecule has 0 unspecified atom stereocenters. The number of ether oxygens (including phenoxy) is 1. The number of carbonyl (C=O) groups is 1. The summed E-state index contributed by atoms with van der Waals surface area (Å²) in [6.07, 6.45) is -0.325. The standard InChI is InChI=1S/C25H26FN7O2/c1-3-35-25(34)32-12-10-31(11-13-32)24-28-21(17-7-5-8-18(26)15-17)20-22(27)33(30-23(20)29-24)19-9-4-6-16(2)14-19/h4-9,14-15H,3,10-13,27H2,1-2H3. The van der Waals surface area contributed by atoms with Crippen molar-refractivity contribution in [3.8, 4) is 16.9 Å². The number of fused-ring (bicyclic) bond motifs is 1. The van der Waals surface area contributed by atoms with Gasteiger partial charge in [0.25, 0.3) is 0 Å². The van der Waals surface area contributed by atoms with Gasteiger partial charge in [0.05, 0.1) is 23.4 Å². The van der Waals surface area contributed by atoms with Crippen LogP contribution in [0.4, 0.5) is 21.0 Å². The molecule has 35 heavy (non-hydrogen) atoms. The fourth-order valence-corrected chi connectivity index (χ4v) is 4.25. The summed E-state index contributed by atoms with van der Waals surface area (Å²) in [6.45, 7) is 6.13. The van der Waals surface area contributed by atoms with E-state index in [9.17, 15) is 9.18 Å². The second-order valence-electron chi connectivity index (χ2n) is 8.39. The Bertz CT molecular complexity index is 1400. The van der Waals surface area contributed by atoms with Crippen LogP contribution in [0.1, 0.15) is 12.5 Å². The normalized spacial score (nSPS) is 13.9. The van der Waals surface area contributed by atoms with E-state index in [4.69, 9.17) is 25.5 Å². The molecule has 1 fully saturated rings. The zero-order valence-electron chi connectivity index (χ0n) is 19.6. The van der Waals surface area contributed by atoms with Gasteiger partial charge in [-0.1, -0.05) is 24.3 Å². The second kappa shape index (κ2) is 9.21. The summed E-state index contributed by atoms with van der Waals surface area (Å²) in [5.74, 6) is 0.459. The minimum atomic E-state index is -0.372. The highest BCUT2D eigenvalue weighted by Crippen LogP contribution is 2.34. The predicted molar refractivity (Wildman–Crippen MR) is 132 cm³/mol. The number of halogens is 1. The number of carbonyl (C=O) groups excluding carboxylic acids is 1. The molecule has 2 aromatic carbocycles. The molecule has 5 rings (SSSR count). The maximum atomic E-state index is 14.1. The number of anilines is 2. The fraction of sp³-hybridized carbons (Fsp3) is 0.280. The molecule has 0 bridgehead atoms. The Morgan fingerprint density at radius 2 is 1.86 bits per heavy atom. The topological polar surface area (TPSA) is 102 Å². The summed E-state index contributed by atoms with van der Waals surface area (Å²) in [6, 6.07) is 14.1. The molecule has 0 radical (unpaired) electrons. The number of rotatable bonds is 4. The van der Waals surface area contributed by atoms with Gasteiger partial charge in [-0.2, -0.15) is 4.98 Å². The minimum Gasteiger partial charge on any atom is -0.450 e. The molecule has 4 aromatic rings. The molecule has 1 aliphatic heterocycles. The summed E-state index contributed by atoms with van der Waals surface area (Å²) in [5, 5.41) is 5.25. The van der Waals surface area contributed by atoms with Crippen molar-refractivity contribution in [3.05, 3.63) is 59.9 Å². The summed E-state index contributed by atoms with van der Waals surface area (Å²) < 4.78 is 20.9. The number of benzene rings is 2. The number of nitrogens with two attached hydrogens (primary N) is 1. The molecule has 10 heteroatoms. The summed E-state index contributed by atoms with van der Waals surface area (Å²) in [5.41, 5.74) is 9.94. The van der Waals surface area contributed by atoms with Crippen molar-refractivity contribution in [1.29, 1.82) is 0 Å². The van der Waals surface area contributed by atoms with E-state index in [1.165, 1.54) is 12.1 Å². The average molecular weight is 476 g/mol. The van der Waals surface area contributed by atoms with E-state index in [0.29, 0.717) is 66.8 Å². The van der Waals surface area contributed by atoms with Crippen LogP contribution in [0.5, 0.6) is 0 Å². The van der Waals surface area contributed by atoms with Crippen molar-refractivity contribution in [2.45, 2.75) is 13.8 Å². The molecular formula is C25H26FN7O2. The second-order valence-corrected chi connectivity index (χ2v) is 8.39. The molecule has 1 amide bonds. The van der Waals surface area contributed by atoms with E-state index in [0.717, 1.165) is 11.3 Å². The molecule has 2 N–H and O–H groups in total. The molecule has 9 nitrogen and oxygen atoms in total. The summed E-state index contributed by atoms with van der Waals surface area (Å²) >= 11 is 0. The quantitative estimate of drug-likeness (QED) is 0.479. The van der Waals surface area contributed by atoms with Crippen LogP contribution in [0.2, 0.25) is 0 Å². The average Bonchev–Trinajstić information content (AvgIpc) is 3.20. The lowest BCUT2D eigenvalue weighted by atomic mass is 10.1. The molecule has 0 atom stereocenters. The zero-order chi connectivity index (χ0) is 24.5. The highest BCUT2D eigenvalue weighted by Gasteiger charge is 2.26. The highest BCUT2D eigenvalue weighted by atomic mass is 19.1. The summed E-state index contributed by atoms with van der Waals surface area (Å²) in [4.78, 5) is 25.3. The van der Waals surface area contributed by atoms with Crippen LogP contribution in [0.15, 0.2) is 48.5 Å². The van der Waals surface area contributed by atoms with E-state index in [-0.39, 0.29) is 11.9 Å². The smallest absolute Gasteiger partial charge is 0.409 e. The van der Waals surface area contributed by atoms with Crippen molar-refractivity contribution in [3.63, 3.8) is 0 Å². The lowest BCUT2D eigenvalue weighted by Crippen LogP contribution is -2.49. The third kappa shape index (κ3) is 4.34. The molecule has 3 heterocycles. The molecular weight excluding hydrogens is 449 g/mol. The number of aryl methyl sites for hydroxylation is 1. The molecule has 0 aliphatic carbocycles. The van der Waals surface area contributed by atoms with Gasteiger partial charge in [0, 0.05) is 31.7 Å². The molecule has 1 aliphatic rings. The third-order valence-electron chi connectivity index (χ3n) is 5.99. The number of hydrogen-bond acceptors (Lipinski definition) is 7. The Morgan fingerprint density at radius 3 is 2.57 bits per heavy atom. The number of nitrogens with zero attached hydrogens (tertiary/aromatic N) is 6. The van der Waals surface area contributed by atoms with Crippen molar-refractivity contribution in [2.75, 3.05) is 43.4 Å². The van der Waals surface area contributed by atoms with Crippen molar-refractivity contribution < 1.29 is 13.9 Å². The van der Waals surface area contributed by atoms with E-state index < -0.39 is 0 Å². The van der Waals surface area contributed by atoms with Crippen LogP contribution in [-0.2, 0) is 4.74 Å². The molecule has 2 aromatic heterocycles. The lowest BCUT2D eigenvalue weighted by molar-refractivity contribution is 0.105. The zero-order valence-corrected chi connectivity index (χ0v) is 19.6. The number of piperazine rings is 1. The van der Waals surface area contributed by atoms with E-state index in [2.05, 4.69) is 0 Å². The predicted octanol–water partition coefficient (Wildman–Crippen LogP) is 3.79. The largest absolute Gasteiger partial charge is 0.450 e. The van der Waals surface area contributed by atoms with Gasteiger partial charge in [-0.15, -0.1) is 5.10 Å². The van der Waals surface area contributed by atoms with E-state index in [1.54, 1.807) is 28.6 Å². The Labute approximate surface area is 201 Å². The maximum Gasteiger partial charge on any atom is 0.409 e. The van der Waals surface area contributed by atoms with Gasteiger partial charge in [0.15, 0.2) is 5.65 Å². The minimum absolute atomic E-state index is 0.325. The van der Waals surface area contributed by atoms with Gasteiger partial charge in [-0.05, 0) is 43.7 Å². The summed E-state index contributed by atoms with van der Waals surface area (Å²) in [7, 11) is 0. The van der Waals surface area contributed by atoms with Gasteiger partial charge < -0.3 is 20.3 Å². The van der Waals surface area contributed by atoms with E-state index >= 15 is 0 Å². The van der Waals surface area contributed by atoms with Gasteiger partial charge >= 0.3 is 6.09 Å². The van der Waals surface area contributed by atoms with Gasteiger partial charge in [-0.3, -0.25) is 0 Å². The maximum absolute atomic E-state index is 14.1. The number of aromatic nitrogens is 4.